The summed E-state index contributed by atoms with van der Waals surface area (Å²) in [6.45, 7) is 4.44. The van der Waals surface area contributed by atoms with Crippen molar-refractivity contribution in [3.05, 3.63) is 64.7 Å². The third-order valence-electron chi connectivity index (χ3n) is 7.09. The van der Waals surface area contributed by atoms with E-state index in [1.54, 1.807) is 4.90 Å². The van der Waals surface area contributed by atoms with Gasteiger partial charge >= 0.3 is 0 Å². The lowest BCUT2D eigenvalue weighted by Gasteiger charge is -2.43. The van der Waals surface area contributed by atoms with Crippen molar-refractivity contribution in [2.24, 2.45) is 0 Å². The highest BCUT2D eigenvalue weighted by Gasteiger charge is 2.43. The molecule has 2 N–H and O–H groups in total. The fourth-order valence-electron chi connectivity index (χ4n) is 5.39. The second-order valence-electron chi connectivity index (χ2n) is 9.53. The highest BCUT2D eigenvalue weighted by Crippen LogP contribution is 2.33. The van der Waals surface area contributed by atoms with Crippen LogP contribution in [0.4, 0.5) is 0 Å². The quantitative estimate of drug-likeness (QED) is 0.689. The van der Waals surface area contributed by atoms with E-state index in [-0.39, 0.29) is 29.7 Å². The average Bonchev–Trinajstić information content (AvgIpc) is 2.98. The Hall–Kier alpha value is -3.23. The minimum absolute atomic E-state index is 0.136. The molecule has 0 bridgehead atoms. The number of imide groups is 1. The van der Waals surface area contributed by atoms with E-state index in [1.807, 2.05) is 30.3 Å². The van der Waals surface area contributed by atoms with Gasteiger partial charge in [0.25, 0.3) is 5.91 Å². The molecule has 2 aromatic rings. The van der Waals surface area contributed by atoms with Gasteiger partial charge in [-0.25, -0.2) is 0 Å². The molecule has 2 aromatic carbocycles. The number of piperidine rings is 1. The number of fused-ring (bicyclic) bond motifs is 2. The predicted octanol–water partition coefficient (Wildman–Crippen LogP) is 1.18. The molecule has 0 aromatic heterocycles. The van der Waals surface area contributed by atoms with Crippen LogP contribution in [0.1, 0.15) is 39.9 Å². The molecule has 1 unspecified atom stereocenters. The molecule has 1 atom stereocenters. The fraction of sp³-hybridized carbons (Fsp3) is 0.400. The summed E-state index contributed by atoms with van der Waals surface area (Å²) >= 11 is 0. The largest absolute Gasteiger partial charge is 0.483 e. The molecule has 0 aliphatic carbocycles. The monoisotopic (exact) mass is 446 g/mol. The Kier molecular flexibility index (Phi) is 4.74. The summed E-state index contributed by atoms with van der Waals surface area (Å²) < 4.78 is 6.42. The fourth-order valence-corrected chi connectivity index (χ4v) is 5.39. The van der Waals surface area contributed by atoms with Crippen molar-refractivity contribution < 1.29 is 19.1 Å². The summed E-state index contributed by atoms with van der Waals surface area (Å²) in [6.07, 6.45) is 0.636. The molecule has 4 heterocycles. The smallest absolute Gasteiger partial charge is 0.255 e. The molecule has 8 nitrogen and oxygen atoms in total. The molecule has 0 radical (unpaired) electrons. The van der Waals surface area contributed by atoms with Crippen molar-refractivity contribution in [3.8, 4) is 5.75 Å². The number of carbonyl (C=O) groups excluding carboxylic acids is 3. The van der Waals surface area contributed by atoms with Gasteiger partial charge in [-0.15, -0.1) is 0 Å². The van der Waals surface area contributed by atoms with Gasteiger partial charge in [-0.2, -0.15) is 0 Å². The highest BCUT2D eigenvalue weighted by molar-refractivity contribution is 6.05. The van der Waals surface area contributed by atoms with Crippen molar-refractivity contribution in [2.45, 2.75) is 44.1 Å². The average molecular weight is 447 g/mol. The van der Waals surface area contributed by atoms with E-state index in [9.17, 15) is 14.4 Å². The molecule has 4 aliphatic heterocycles. The molecule has 170 valence electrons. The van der Waals surface area contributed by atoms with E-state index in [1.165, 1.54) is 5.56 Å². The van der Waals surface area contributed by atoms with Crippen LogP contribution in [0.25, 0.3) is 0 Å². The zero-order valence-electron chi connectivity index (χ0n) is 18.3. The molecular weight excluding hydrogens is 420 g/mol. The summed E-state index contributed by atoms with van der Waals surface area (Å²) in [5.41, 5.74) is 3.69. The van der Waals surface area contributed by atoms with E-state index in [4.69, 9.17) is 4.74 Å². The molecule has 2 saturated heterocycles. The molecule has 33 heavy (non-hydrogen) atoms. The van der Waals surface area contributed by atoms with Crippen molar-refractivity contribution in [2.75, 3.05) is 19.6 Å². The number of nitrogens with zero attached hydrogens (tertiary/aromatic N) is 2. The number of ether oxygens (including phenoxy) is 1. The number of hydrogen-bond donors (Lipinski definition) is 2. The van der Waals surface area contributed by atoms with Crippen LogP contribution >= 0.6 is 0 Å². The first-order valence-corrected chi connectivity index (χ1v) is 11.5. The maximum absolute atomic E-state index is 13.0. The van der Waals surface area contributed by atoms with E-state index in [0.29, 0.717) is 18.5 Å². The van der Waals surface area contributed by atoms with Gasteiger partial charge in [-0.3, -0.25) is 24.6 Å². The lowest BCUT2D eigenvalue weighted by atomic mass is 9.96. The number of benzene rings is 2. The number of nitrogens with one attached hydrogen (secondary N) is 2. The third-order valence-corrected chi connectivity index (χ3v) is 7.09. The van der Waals surface area contributed by atoms with Gasteiger partial charge in [0.05, 0.1) is 0 Å². The van der Waals surface area contributed by atoms with Gasteiger partial charge in [0.2, 0.25) is 11.8 Å². The molecular formula is C25H26N4O4. The first kappa shape index (κ1) is 20.4. The van der Waals surface area contributed by atoms with Crippen molar-refractivity contribution in [3.63, 3.8) is 0 Å². The lowest BCUT2D eigenvalue weighted by molar-refractivity contribution is -0.136. The van der Waals surface area contributed by atoms with E-state index >= 15 is 0 Å². The predicted molar refractivity (Wildman–Crippen MR) is 119 cm³/mol. The minimum Gasteiger partial charge on any atom is -0.483 e. The van der Waals surface area contributed by atoms with Crippen LogP contribution in [0.3, 0.4) is 0 Å². The Labute approximate surface area is 191 Å². The van der Waals surface area contributed by atoms with Gasteiger partial charge in [0.1, 0.15) is 17.4 Å². The summed E-state index contributed by atoms with van der Waals surface area (Å²) in [5.74, 6) is 0.170. The van der Waals surface area contributed by atoms with E-state index in [0.717, 1.165) is 49.6 Å². The number of carbonyl (C=O) groups is 3. The van der Waals surface area contributed by atoms with Crippen LogP contribution in [0.2, 0.25) is 0 Å². The van der Waals surface area contributed by atoms with Gasteiger partial charge < -0.3 is 15.0 Å². The minimum atomic E-state index is -0.587. The Bertz CT molecular complexity index is 1160. The summed E-state index contributed by atoms with van der Waals surface area (Å²) in [6, 6.07) is 13.6. The first-order valence-electron chi connectivity index (χ1n) is 11.5. The number of rotatable bonds is 3. The Morgan fingerprint density at radius 3 is 2.67 bits per heavy atom. The molecule has 4 aliphatic rings. The molecule has 8 heteroatoms. The summed E-state index contributed by atoms with van der Waals surface area (Å²) in [7, 11) is 0. The number of amides is 3. The zero-order valence-corrected chi connectivity index (χ0v) is 18.3. The van der Waals surface area contributed by atoms with Crippen LogP contribution < -0.4 is 15.4 Å². The van der Waals surface area contributed by atoms with Crippen molar-refractivity contribution in [1.29, 1.82) is 0 Å². The maximum Gasteiger partial charge on any atom is 0.255 e. The van der Waals surface area contributed by atoms with E-state index < -0.39 is 6.04 Å². The topological polar surface area (TPSA) is 91.0 Å². The maximum atomic E-state index is 13.0. The highest BCUT2D eigenvalue weighted by atomic mass is 16.5. The Morgan fingerprint density at radius 1 is 1.03 bits per heavy atom. The van der Waals surface area contributed by atoms with Crippen LogP contribution in [-0.2, 0) is 29.2 Å². The Balaban J connectivity index is 1.21. The van der Waals surface area contributed by atoms with Gasteiger partial charge in [-0.1, -0.05) is 30.3 Å². The lowest BCUT2D eigenvalue weighted by Crippen LogP contribution is -2.67. The molecule has 3 amide bonds. The number of para-hydroxylation sites is 1. The first-order chi connectivity index (χ1) is 16.0. The summed E-state index contributed by atoms with van der Waals surface area (Å²) in [5, 5.41) is 5.70. The normalized spacial score (nSPS) is 23.9. The molecule has 1 spiro atoms. The third kappa shape index (κ3) is 3.59. The van der Waals surface area contributed by atoms with E-state index in [2.05, 4.69) is 27.7 Å². The van der Waals surface area contributed by atoms with Gasteiger partial charge in [-0.05, 0) is 29.7 Å². The van der Waals surface area contributed by atoms with Crippen LogP contribution in [0.5, 0.6) is 5.75 Å². The number of hydrogen-bond acceptors (Lipinski definition) is 6. The van der Waals surface area contributed by atoms with Gasteiger partial charge in [0.15, 0.2) is 0 Å². The van der Waals surface area contributed by atoms with Gasteiger partial charge in [0, 0.05) is 56.8 Å². The molecule has 0 saturated carbocycles. The standard InChI is InChI=1S/C25H26N4O4/c30-22-8-7-20(23(31)27-22)29-12-18-9-16(5-6-19(18)24(29)32)10-28-11-17-3-1-2-4-21(17)33-25(15-28)13-26-14-25/h1-6,9,20,26H,7-8,10-15H2,(H,27,30,31). The molecule has 6 rings (SSSR count). The van der Waals surface area contributed by atoms with Crippen molar-refractivity contribution >= 4 is 17.7 Å². The van der Waals surface area contributed by atoms with Crippen LogP contribution in [-0.4, -0.2) is 58.8 Å². The van der Waals surface area contributed by atoms with Crippen LogP contribution in [0.15, 0.2) is 42.5 Å². The molecule has 2 fully saturated rings. The zero-order chi connectivity index (χ0) is 22.6. The second-order valence-corrected chi connectivity index (χ2v) is 9.53. The van der Waals surface area contributed by atoms with Crippen molar-refractivity contribution in [1.82, 2.24) is 20.4 Å². The SMILES string of the molecule is O=C1CCC(N2Cc3cc(CN4Cc5ccccc5OC5(CNC5)C4)ccc3C2=O)C(=O)N1. The second kappa shape index (κ2) is 7.67. The summed E-state index contributed by atoms with van der Waals surface area (Å²) in [4.78, 5) is 40.8. The Morgan fingerprint density at radius 2 is 1.88 bits per heavy atom. The van der Waals surface area contributed by atoms with Crippen LogP contribution in [0, 0.1) is 0 Å².